The fourth-order valence-electron chi connectivity index (χ4n) is 2.92. The Morgan fingerprint density at radius 1 is 1.14 bits per heavy atom. The molecule has 0 aliphatic carbocycles. The monoisotopic (exact) mass is 415 g/mol. The first-order valence-corrected chi connectivity index (χ1v) is 10.1. The fraction of sp³-hybridized carbons (Fsp3) is 0.263. The Kier molecular flexibility index (Phi) is 5.68. The van der Waals surface area contributed by atoms with E-state index >= 15 is 0 Å². The van der Waals surface area contributed by atoms with Crippen LogP contribution in [0.1, 0.15) is 5.01 Å². The van der Waals surface area contributed by atoms with E-state index in [2.05, 4.69) is 19.9 Å². The molecule has 0 spiro atoms. The maximum Gasteiger partial charge on any atom is 0.410 e. The molecule has 1 aromatic carbocycles. The van der Waals surface area contributed by atoms with Gasteiger partial charge in [-0.3, -0.25) is 4.98 Å². The van der Waals surface area contributed by atoms with Crippen LogP contribution in [0.5, 0.6) is 0 Å². The molecule has 0 radical (unpaired) electrons. The lowest BCUT2D eigenvalue weighted by molar-refractivity contribution is 0.0941. The first-order chi connectivity index (χ1) is 13.7. The molecule has 0 unspecified atom stereocenters. The predicted molar refractivity (Wildman–Crippen MR) is 109 cm³/mol. The van der Waals surface area contributed by atoms with Crippen molar-refractivity contribution in [2.24, 2.45) is 0 Å². The Morgan fingerprint density at radius 2 is 1.93 bits per heavy atom. The lowest BCUT2D eigenvalue weighted by Gasteiger charge is -2.34. The quantitative estimate of drug-likeness (QED) is 0.646. The SMILES string of the molecule is O=C(OCc1nc(-c2ccc(Cl)cc2)cs1)N1CCN(c2cnccn2)CC1. The van der Waals surface area contributed by atoms with Gasteiger partial charge in [-0.15, -0.1) is 11.3 Å². The zero-order valence-electron chi connectivity index (χ0n) is 15.0. The average Bonchev–Trinajstić information content (AvgIpc) is 3.22. The van der Waals surface area contributed by atoms with E-state index in [4.69, 9.17) is 16.3 Å². The van der Waals surface area contributed by atoms with Gasteiger partial charge in [-0.1, -0.05) is 23.7 Å². The van der Waals surface area contributed by atoms with Crippen LogP contribution in [0.4, 0.5) is 10.6 Å². The summed E-state index contributed by atoms with van der Waals surface area (Å²) in [4.78, 5) is 29.1. The molecule has 2 aromatic heterocycles. The van der Waals surface area contributed by atoms with E-state index in [0.29, 0.717) is 31.2 Å². The first kappa shape index (κ1) is 18.6. The highest BCUT2D eigenvalue weighted by Gasteiger charge is 2.23. The van der Waals surface area contributed by atoms with Gasteiger partial charge in [0, 0.05) is 54.5 Å². The molecule has 1 aliphatic heterocycles. The van der Waals surface area contributed by atoms with Gasteiger partial charge in [0.05, 0.1) is 11.9 Å². The Labute approximate surface area is 171 Å². The molecular formula is C19H18ClN5O2S. The van der Waals surface area contributed by atoms with E-state index < -0.39 is 0 Å². The maximum atomic E-state index is 12.3. The third-order valence-electron chi connectivity index (χ3n) is 4.42. The van der Waals surface area contributed by atoms with Crippen LogP contribution in [0.2, 0.25) is 5.02 Å². The molecule has 0 N–H and O–H groups in total. The Hall–Kier alpha value is -2.71. The molecule has 1 saturated heterocycles. The van der Waals surface area contributed by atoms with E-state index in [1.54, 1.807) is 23.5 Å². The lowest BCUT2D eigenvalue weighted by atomic mass is 10.2. The summed E-state index contributed by atoms with van der Waals surface area (Å²) >= 11 is 7.39. The van der Waals surface area contributed by atoms with Gasteiger partial charge in [0.1, 0.15) is 17.4 Å². The van der Waals surface area contributed by atoms with Crippen LogP contribution in [0.15, 0.2) is 48.2 Å². The Balaban J connectivity index is 1.28. The van der Waals surface area contributed by atoms with Gasteiger partial charge in [-0.2, -0.15) is 0 Å². The van der Waals surface area contributed by atoms with Crippen LogP contribution in [-0.2, 0) is 11.3 Å². The van der Waals surface area contributed by atoms with E-state index in [1.165, 1.54) is 11.3 Å². The van der Waals surface area contributed by atoms with E-state index in [9.17, 15) is 4.79 Å². The summed E-state index contributed by atoms with van der Waals surface area (Å²) in [6.45, 7) is 2.74. The van der Waals surface area contributed by atoms with Crippen molar-refractivity contribution in [3.05, 3.63) is 58.3 Å². The normalized spacial score (nSPS) is 14.2. The second kappa shape index (κ2) is 8.53. The topological polar surface area (TPSA) is 71.5 Å². The minimum atomic E-state index is -0.318. The van der Waals surface area contributed by atoms with Crippen LogP contribution in [-0.4, -0.2) is 52.1 Å². The van der Waals surface area contributed by atoms with E-state index in [-0.39, 0.29) is 12.7 Å². The van der Waals surface area contributed by atoms with Gasteiger partial charge in [0.2, 0.25) is 0 Å². The number of carbonyl (C=O) groups is 1. The number of halogens is 1. The molecule has 7 nitrogen and oxygen atoms in total. The zero-order chi connectivity index (χ0) is 19.3. The van der Waals surface area contributed by atoms with Gasteiger partial charge in [-0.05, 0) is 12.1 Å². The third kappa shape index (κ3) is 4.40. The molecule has 28 heavy (non-hydrogen) atoms. The number of amides is 1. The molecule has 1 aliphatic rings. The molecule has 1 amide bonds. The second-order valence-corrected chi connectivity index (χ2v) is 7.60. The summed E-state index contributed by atoms with van der Waals surface area (Å²) in [6, 6.07) is 7.50. The Morgan fingerprint density at radius 3 is 2.64 bits per heavy atom. The van der Waals surface area contributed by atoms with Crippen LogP contribution < -0.4 is 4.90 Å². The molecular weight excluding hydrogens is 398 g/mol. The molecule has 1 fully saturated rings. The standard InChI is InChI=1S/C19H18ClN5O2S/c20-15-3-1-14(2-4-15)16-13-28-18(23-16)12-27-19(26)25-9-7-24(8-10-25)17-11-21-5-6-22-17/h1-6,11,13H,7-10,12H2. The van der Waals surface area contributed by atoms with Gasteiger partial charge in [0.25, 0.3) is 0 Å². The second-order valence-electron chi connectivity index (χ2n) is 6.23. The summed E-state index contributed by atoms with van der Waals surface area (Å²) in [5.74, 6) is 0.827. The van der Waals surface area contributed by atoms with Gasteiger partial charge < -0.3 is 14.5 Å². The average molecular weight is 416 g/mol. The van der Waals surface area contributed by atoms with Crippen molar-refractivity contribution in [2.75, 3.05) is 31.1 Å². The molecule has 0 atom stereocenters. The highest BCUT2D eigenvalue weighted by Crippen LogP contribution is 2.24. The largest absolute Gasteiger partial charge is 0.442 e. The third-order valence-corrected chi connectivity index (χ3v) is 5.50. The number of rotatable bonds is 4. The molecule has 3 aromatic rings. The predicted octanol–water partition coefficient (Wildman–Crippen LogP) is 3.71. The molecule has 3 heterocycles. The maximum absolute atomic E-state index is 12.3. The number of benzene rings is 1. The molecule has 4 rings (SSSR count). The highest BCUT2D eigenvalue weighted by atomic mass is 35.5. The van der Waals surface area contributed by atoms with Crippen LogP contribution in [0.25, 0.3) is 11.3 Å². The summed E-state index contributed by atoms with van der Waals surface area (Å²) < 4.78 is 5.44. The lowest BCUT2D eigenvalue weighted by Crippen LogP contribution is -2.49. The van der Waals surface area contributed by atoms with Crippen molar-refractivity contribution in [1.29, 1.82) is 0 Å². The number of anilines is 1. The van der Waals surface area contributed by atoms with Crippen molar-refractivity contribution in [3.63, 3.8) is 0 Å². The number of piperazine rings is 1. The minimum Gasteiger partial charge on any atom is -0.442 e. The van der Waals surface area contributed by atoms with Crippen LogP contribution in [0, 0.1) is 0 Å². The fourth-order valence-corrected chi connectivity index (χ4v) is 3.76. The number of ether oxygens (including phenoxy) is 1. The number of hydrogen-bond donors (Lipinski definition) is 0. The van der Waals surface area contributed by atoms with Crippen molar-refractivity contribution < 1.29 is 9.53 Å². The van der Waals surface area contributed by atoms with Gasteiger partial charge in [-0.25, -0.2) is 14.8 Å². The van der Waals surface area contributed by atoms with Crippen molar-refractivity contribution in [3.8, 4) is 11.3 Å². The zero-order valence-corrected chi connectivity index (χ0v) is 16.6. The van der Waals surface area contributed by atoms with Crippen LogP contribution in [0.3, 0.4) is 0 Å². The van der Waals surface area contributed by atoms with E-state index in [1.807, 2.05) is 29.6 Å². The van der Waals surface area contributed by atoms with Gasteiger partial charge in [0.15, 0.2) is 0 Å². The van der Waals surface area contributed by atoms with Gasteiger partial charge >= 0.3 is 6.09 Å². The molecule has 144 valence electrons. The Bertz CT molecular complexity index is 927. The summed E-state index contributed by atoms with van der Waals surface area (Å²) in [7, 11) is 0. The summed E-state index contributed by atoms with van der Waals surface area (Å²) in [5, 5.41) is 3.40. The summed E-state index contributed by atoms with van der Waals surface area (Å²) in [5.41, 5.74) is 1.84. The number of aromatic nitrogens is 3. The van der Waals surface area contributed by atoms with E-state index in [0.717, 1.165) is 22.1 Å². The molecule has 9 heteroatoms. The molecule has 0 bridgehead atoms. The number of nitrogens with zero attached hydrogens (tertiary/aromatic N) is 5. The molecule has 0 saturated carbocycles. The minimum absolute atomic E-state index is 0.168. The summed E-state index contributed by atoms with van der Waals surface area (Å²) in [6.07, 6.45) is 4.73. The van der Waals surface area contributed by atoms with Crippen molar-refractivity contribution >= 4 is 34.8 Å². The smallest absolute Gasteiger partial charge is 0.410 e. The van der Waals surface area contributed by atoms with Crippen molar-refractivity contribution in [1.82, 2.24) is 19.9 Å². The number of hydrogen-bond acceptors (Lipinski definition) is 7. The number of thiazole rings is 1. The van der Waals surface area contributed by atoms with Crippen molar-refractivity contribution in [2.45, 2.75) is 6.61 Å². The number of carbonyl (C=O) groups excluding carboxylic acids is 1. The highest BCUT2D eigenvalue weighted by molar-refractivity contribution is 7.09. The van der Waals surface area contributed by atoms with Crippen LogP contribution >= 0.6 is 22.9 Å². The first-order valence-electron chi connectivity index (χ1n) is 8.82.